The SMILES string of the molecule is S=C1NCCN1CCCN1CCN(c2ccccc2)CC1. The molecule has 4 nitrogen and oxygen atoms in total. The van der Waals surface area contributed by atoms with Crippen LogP contribution in [0.15, 0.2) is 30.3 Å². The predicted molar refractivity (Wildman–Crippen MR) is 91.9 cm³/mol. The fourth-order valence-corrected chi connectivity index (χ4v) is 3.36. The van der Waals surface area contributed by atoms with Crippen LogP contribution in [-0.4, -0.2) is 67.3 Å². The first kappa shape index (κ1) is 14.6. The highest BCUT2D eigenvalue weighted by Crippen LogP contribution is 2.15. The van der Waals surface area contributed by atoms with E-state index in [1.54, 1.807) is 0 Å². The van der Waals surface area contributed by atoms with Gasteiger partial charge in [-0.3, -0.25) is 4.90 Å². The molecular formula is C16H24N4S. The van der Waals surface area contributed by atoms with Gasteiger partial charge in [-0.2, -0.15) is 0 Å². The molecule has 0 bridgehead atoms. The van der Waals surface area contributed by atoms with Crippen LogP contribution in [-0.2, 0) is 0 Å². The van der Waals surface area contributed by atoms with Gasteiger partial charge >= 0.3 is 0 Å². The molecule has 2 heterocycles. The minimum Gasteiger partial charge on any atom is -0.369 e. The van der Waals surface area contributed by atoms with Crippen LogP contribution in [0.3, 0.4) is 0 Å². The highest BCUT2D eigenvalue weighted by atomic mass is 32.1. The van der Waals surface area contributed by atoms with Gasteiger partial charge in [0.1, 0.15) is 0 Å². The lowest BCUT2D eigenvalue weighted by Gasteiger charge is -2.36. The first-order chi connectivity index (χ1) is 10.3. The van der Waals surface area contributed by atoms with Gasteiger partial charge in [0.2, 0.25) is 0 Å². The van der Waals surface area contributed by atoms with Crippen molar-refractivity contribution in [2.45, 2.75) is 6.42 Å². The lowest BCUT2D eigenvalue weighted by Crippen LogP contribution is -2.47. The quantitative estimate of drug-likeness (QED) is 0.828. The van der Waals surface area contributed by atoms with Gasteiger partial charge in [-0.1, -0.05) is 18.2 Å². The zero-order chi connectivity index (χ0) is 14.5. The summed E-state index contributed by atoms with van der Waals surface area (Å²) in [5.74, 6) is 0. The lowest BCUT2D eigenvalue weighted by molar-refractivity contribution is 0.246. The number of thiocarbonyl (C=S) groups is 1. The number of hydrogen-bond donors (Lipinski definition) is 1. The molecule has 0 saturated carbocycles. The van der Waals surface area contributed by atoms with Crippen molar-refractivity contribution < 1.29 is 0 Å². The second-order valence-electron chi connectivity index (χ2n) is 5.74. The zero-order valence-corrected chi connectivity index (χ0v) is 13.3. The van der Waals surface area contributed by atoms with E-state index in [0.29, 0.717) is 0 Å². The topological polar surface area (TPSA) is 21.8 Å². The minimum absolute atomic E-state index is 0.934. The number of para-hydroxylation sites is 1. The molecule has 0 radical (unpaired) electrons. The standard InChI is InChI=1S/C16H24N4S/c21-16-17-7-10-20(16)9-4-8-18-11-13-19(14-12-18)15-5-2-1-3-6-15/h1-3,5-6H,4,7-14H2,(H,17,21). The minimum atomic E-state index is 0.934. The van der Waals surface area contributed by atoms with E-state index in [1.165, 1.54) is 18.7 Å². The van der Waals surface area contributed by atoms with Crippen molar-refractivity contribution >= 4 is 23.0 Å². The Labute approximate surface area is 132 Å². The molecule has 0 aliphatic carbocycles. The van der Waals surface area contributed by atoms with Crippen LogP contribution in [0.4, 0.5) is 5.69 Å². The van der Waals surface area contributed by atoms with E-state index in [-0.39, 0.29) is 0 Å². The first-order valence-electron chi connectivity index (χ1n) is 7.88. The average molecular weight is 304 g/mol. The van der Waals surface area contributed by atoms with Crippen molar-refractivity contribution in [3.05, 3.63) is 30.3 Å². The Kier molecular flexibility index (Phi) is 4.93. The van der Waals surface area contributed by atoms with Crippen molar-refractivity contribution in [2.75, 3.05) is 57.3 Å². The number of hydrogen-bond acceptors (Lipinski definition) is 3. The molecule has 2 aliphatic rings. The first-order valence-corrected chi connectivity index (χ1v) is 8.29. The van der Waals surface area contributed by atoms with Crippen LogP contribution in [0.2, 0.25) is 0 Å². The van der Waals surface area contributed by atoms with Crippen molar-refractivity contribution in [2.24, 2.45) is 0 Å². The van der Waals surface area contributed by atoms with E-state index in [1.807, 2.05) is 0 Å². The third-order valence-corrected chi connectivity index (χ3v) is 4.74. The summed E-state index contributed by atoms with van der Waals surface area (Å²) in [6, 6.07) is 10.7. The van der Waals surface area contributed by atoms with Crippen LogP contribution in [0.5, 0.6) is 0 Å². The van der Waals surface area contributed by atoms with E-state index in [0.717, 1.165) is 50.9 Å². The number of piperazine rings is 1. The molecule has 0 atom stereocenters. The van der Waals surface area contributed by atoms with Gasteiger partial charge in [-0.05, 0) is 37.3 Å². The normalized spacial score (nSPS) is 19.9. The molecule has 114 valence electrons. The highest BCUT2D eigenvalue weighted by Gasteiger charge is 2.18. The summed E-state index contributed by atoms with van der Waals surface area (Å²) in [7, 11) is 0. The molecule has 5 heteroatoms. The van der Waals surface area contributed by atoms with Crippen LogP contribution in [0, 0.1) is 0 Å². The molecule has 1 aromatic rings. The molecular weight excluding hydrogens is 280 g/mol. The van der Waals surface area contributed by atoms with Crippen molar-refractivity contribution in [3.8, 4) is 0 Å². The number of nitrogens with zero attached hydrogens (tertiary/aromatic N) is 3. The summed E-state index contributed by atoms with van der Waals surface area (Å²) < 4.78 is 0. The van der Waals surface area contributed by atoms with Gasteiger partial charge < -0.3 is 15.1 Å². The number of rotatable bonds is 5. The van der Waals surface area contributed by atoms with E-state index in [9.17, 15) is 0 Å². The zero-order valence-electron chi connectivity index (χ0n) is 12.5. The summed E-state index contributed by atoms with van der Waals surface area (Å²) in [5.41, 5.74) is 1.35. The third-order valence-electron chi connectivity index (χ3n) is 4.34. The van der Waals surface area contributed by atoms with E-state index in [4.69, 9.17) is 12.2 Å². The second-order valence-corrected chi connectivity index (χ2v) is 6.12. The highest BCUT2D eigenvalue weighted by molar-refractivity contribution is 7.80. The maximum atomic E-state index is 5.27. The Hall–Kier alpha value is -1.33. The maximum Gasteiger partial charge on any atom is 0.169 e. The van der Waals surface area contributed by atoms with E-state index >= 15 is 0 Å². The second kappa shape index (κ2) is 7.09. The molecule has 2 saturated heterocycles. The summed E-state index contributed by atoms with van der Waals surface area (Å²) in [5, 5.41) is 4.15. The summed E-state index contributed by atoms with van der Waals surface area (Å²) in [6.07, 6.45) is 1.20. The lowest BCUT2D eigenvalue weighted by atomic mass is 10.2. The van der Waals surface area contributed by atoms with E-state index < -0.39 is 0 Å². The molecule has 0 amide bonds. The number of benzene rings is 1. The molecule has 0 aromatic heterocycles. The molecule has 0 spiro atoms. The Morgan fingerprint density at radius 1 is 0.952 bits per heavy atom. The van der Waals surface area contributed by atoms with Crippen LogP contribution < -0.4 is 10.2 Å². The Balaban J connectivity index is 1.37. The fraction of sp³-hybridized carbons (Fsp3) is 0.562. The van der Waals surface area contributed by atoms with Gasteiger partial charge in [-0.25, -0.2) is 0 Å². The molecule has 2 fully saturated rings. The van der Waals surface area contributed by atoms with Gasteiger partial charge in [0, 0.05) is 51.5 Å². The van der Waals surface area contributed by atoms with Crippen LogP contribution >= 0.6 is 12.2 Å². The summed E-state index contributed by atoms with van der Waals surface area (Å²) in [6.45, 7) is 8.94. The van der Waals surface area contributed by atoms with Crippen LogP contribution in [0.1, 0.15) is 6.42 Å². The third kappa shape index (κ3) is 3.86. The van der Waals surface area contributed by atoms with Gasteiger partial charge in [0.05, 0.1) is 0 Å². The molecule has 2 aliphatic heterocycles. The van der Waals surface area contributed by atoms with Gasteiger partial charge in [-0.15, -0.1) is 0 Å². The van der Waals surface area contributed by atoms with Crippen molar-refractivity contribution in [3.63, 3.8) is 0 Å². The summed E-state index contributed by atoms with van der Waals surface area (Å²) >= 11 is 5.27. The molecule has 1 aromatic carbocycles. The van der Waals surface area contributed by atoms with E-state index in [2.05, 4.69) is 50.3 Å². The maximum absolute atomic E-state index is 5.27. The van der Waals surface area contributed by atoms with Gasteiger partial charge in [0.25, 0.3) is 0 Å². The van der Waals surface area contributed by atoms with Gasteiger partial charge in [0.15, 0.2) is 5.11 Å². The number of nitrogens with one attached hydrogen (secondary N) is 1. The Morgan fingerprint density at radius 2 is 1.71 bits per heavy atom. The Morgan fingerprint density at radius 3 is 2.38 bits per heavy atom. The summed E-state index contributed by atoms with van der Waals surface area (Å²) in [4.78, 5) is 7.34. The predicted octanol–water partition coefficient (Wildman–Crippen LogP) is 1.39. The molecule has 3 rings (SSSR count). The Bertz CT molecular complexity index is 457. The smallest absolute Gasteiger partial charge is 0.169 e. The molecule has 21 heavy (non-hydrogen) atoms. The molecule has 0 unspecified atom stereocenters. The van der Waals surface area contributed by atoms with Crippen molar-refractivity contribution in [1.29, 1.82) is 0 Å². The molecule has 1 N–H and O–H groups in total. The monoisotopic (exact) mass is 304 g/mol. The average Bonchev–Trinajstić information content (AvgIpc) is 2.94. The largest absolute Gasteiger partial charge is 0.369 e. The fourth-order valence-electron chi connectivity index (χ4n) is 3.08. The number of anilines is 1. The van der Waals surface area contributed by atoms with Crippen molar-refractivity contribution in [1.82, 2.24) is 15.1 Å². The van der Waals surface area contributed by atoms with Crippen LogP contribution in [0.25, 0.3) is 0 Å².